The van der Waals surface area contributed by atoms with Gasteiger partial charge >= 0.3 is 0 Å². The summed E-state index contributed by atoms with van der Waals surface area (Å²) in [7, 11) is 1.66. The highest BCUT2D eigenvalue weighted by Crippen LogP contribution is 2.38. The molecule has 0 spiro atoms. The fourth-order valence-corrected chi connectivity index (χ4v) is 4.18. The van der Waals surface area contributed by atoms with Crippen LogP contribution in [0.1, 0.15) is 57.2 Å². The third kappa shape index (κ3) is 4.78. The van der Waals surface area contributed by atoms with Crippen LogP contribution < -0.4 is 10.6 Å². The number of amides is 1. The zero-order valence-corrected chi connectivity index (χ0v) is 15.1. The van der Waals surface area contributed by atoms with Gasteiger partial charge < -0.3 is 10.6 Å². The van der Waals surface area contributed by atoms with E-state index in [9.17, 15) is 4.79 Å². The quantitative estimate of drug-likeness (QED) is 0.875. The van der Waals surface area contributed by atoms with Crippen LogP contribution in [0.2, 0.25) is 0 Å². The topological polar surface area (TPSA) is 54.0 Å². The summed E-state index contributed by atoms with van der Waals surface area (Å²) < 4.78 is 0. The van der Waals surface area contributed by atoms with Crippen molar-refractivity contribution in [3.63, 3.8) is 0 Å². The third-order valence-corrected chi connectivity index (χ3v) is 5.51. The fraction of sp³-hybridized carbons (Fsp3) is 0.765. The van der Waals surface area contributed by atoms with Crippen LogP contribution in [0.4, 0.5) is 0 Å². The molecule has 2 atom stereocenters. The SMILES string of the molecule is CNC(=O)Cc1nc(CN[C@H]2CCCC[C@@H]2C(C)(C)C)cs1. The molecule has 1 aromatic heterocycles. The number of nitrogens with one attached hydrogen (secondary N) is 2. The van der Waals surface area contributed by atoms with Crippen molar-refractivity contribution in [1.29, 1.82) is 0 Å². The molecule has 5 heteroatoms. The molecule has 1 aromatic rings. The Kier molecular flexibility index (Phi) is 5.98. The number of aromatic nitrogens is 1. The zero-order valence-electron chi connectivity index (χ0n) is 14.2. The van der Waals surface area contributed by atoms with E-state index >= 15 is 0 Å². The van der Waals surface area contributed by atoms with E-state index in [1.165, 1.54) is 25.7 Å². The van der Waals surface area contributed by atoms with Gasteiger partial charge in [0.05, 0.1) is 12.1 Å². The number of likely N-dealkylation sites (N-methyl/N-ethyl adjacent to an activating group) is 1. The molecule has 22 heavy (non-hydrogen) atoms. The highest BCUT2D eigenvalue weighted by atomic mass is 32.1. The monoisotopic (exact) mass is 323 g/mol. The summed E-state index contributed by atoms with van der Waals surface area (Å²) in [5.74, 6) is 0.749. The lowest BCUT2D eigenvalue weighted by atomic mass is 9.69. The summed E-state index contributed by atoms with van der Waals surface area (Å²) in [5.41, 5.74) is 1.41. The Morgan fingerprint density at radius 1 is 1.36 bits per heavy atom. The maximum atomic E-state index is 11.4. The molecular weight excluding hydrogens is 294 g/mol. The van der Waals surface area contributed by atoms with E-state index in [4.69, 9.17) is 0 Å². The maximum Gasteiger partial charge on any atom is 0.226 e. The van der Waals surface area contributed by atoms with Crippen LogP contribution in [0.25, 0.3) is 0 Å². The molecule has 2 rings (SSSR count). The second-order valence-corrected chi connectivity index (χ2v) is 8.27. The summed E-state index contributed by atoms with van der Waals surface area (Å²) in [5, 5.41) is 9.32. The summed E-state index contributed by atoms with van der Waals surface area (Å²) in [6, 6.07) is 0.581. The summed E-state index contributed by atoms with van der Waals surface area (Å²) in [6.45, 7) is 7.85. The summed E-state index contributed by atoms with van der Waals surface area (Å²) in [6.07, 6.45) is 5.64. The lowest BCUT2D eigenvalue weighted by molar-refractivity contribution is -0.119. The third-order valence-electron chi connectivity index (χ3n) is 4.61. The van der Waals surface area contributed by atoms with E-state index in [0.717, 1.165) is 23.2 Å². The smallest absolute Gasteiger partial charge is 0.226 e. The molecule has 4 nitrogen and oxygen atoms in total. The van der Waals surface area contributed by atoms with Crippen LogP contribution in [-0.4, -0.2) is 24.0 Å². The van der Waals surface area contributed by atoms with Gasteiger partial charge in [0.15, 0.2) is 0 Å². The van der Waals surface area contributed by atoms with Crippen molar-refractivity contribution in [1.82, 2.24) is 15.6 Å². The molecule has 0 radical (unpaired) electrons. The number of nitrogens with zero attached hydrogens (tertiary/aromatic N) is 1. The number of rotatable bonds is 5. The van der Waals surface area contributed by atoms with E-state index in [1.807, 2.05) is 0 Å². The first-order chi connectivity index (χ1) is 10.4. The average Bonchev–Trinajstić information content (AvgIpc) is 2.92. The van der Waals surface area contributed by atoms with Crippen molar-refractivity contribution in [3.8, 4) is 0 Å². The van der Waals surface area contributed by atoms with Crippen LogP contribution in [-0.2, 0) is 17.8 Å². The predicted octanol–water partition coefficient (Wildman–Crippen LogP) is 3.13. The normalized spacial score (nSPS) is 22.5. The van der Waals surface area contributed by atoms with Gasteiger partial charge in [0, 0.05) is 25.0 Å². The van der Waals surface area contributed by atoms with E-state index in [-0.39, 0.29) is 5.91 Å². The Morgan fingerprint density at radius 3 is 2.77 bits per heavy atom. The van der Waals surface area contributed by atoms with Crippen molar-refractivity contribution < 1.29 is 4.79 Å². The molecule has 1 aliphatic carbocycles. The van der Waals surface area contributed by atoms with Crippen molar-refractivity contribution in [2.75, 3.05) is 7.05 Å². The lowest BCUT2D eigenvalue weighted by Gasteiger charge is -2.41. The largest absolute Gasteiger partial charge is 0.359 e. The zero-order chi connectivity index (χ0) is 16.2. The Balaban J connectivity index is 1.90. The van der Waals surface area contributed by atoms with Gasteiger partial charge in [-0.05, 0) is 24.2 Å². The van der Waals surface area contributed by atoms with E-state index in [0.29, 0.717) is 17.9 Å². The summed E-state index contributed by atoms with van der Waals surface area (Å²) >= 11 is 1.57. The van der Waals surface area contributed by atoms with Gasteiger partial charge in [0.25, 0.3) is 0 Å². The Morgan fingerprint density at radius 2 is 2.09 bits per heavy atom. The molecule has 1 aliphatic rings. The molecular formula is C17H29N3OS. The van der Waals surface area contributed by atoms with Gasteiger partial charge in [-0.1, -0.05) is 33.6 Å². The van der Waals surface area contributed by atoms with Gasteiger partial charge in [0.2, 0.25) is 5.91 Å². The van der Waals surface area contributed by atoms with E-state index < -0.39 is 0 Å². The Labute approximate surface area is 138 Å². The number of thiazole rings is 1. The number of hydrogen-bond acceptors (Lipinski definition) is 4. The fourth-order valence-electron chi connectivity index (χ4n) is 3.38. The molecule has 0 saturated heterocycles. The molecule has 124 valence electrons. The molecule has 0 unspecified atom stereocenters. The van der Waals surface area contributed by atoms with Crippen LogP contribution in [0.3, 0.4) is 0 Å². The molecule has 2 N–H and O–H groups in total. The standard InChI is InChI=1S/C17H29N3OS/c1-17(2,3)13-7-5-6-8-14(13)19-10-12-11-22-16(20-12)9-15(21)18-4/h11,13-14,19H,5-10H2,1-4H3,(H,18,21)/t13-,14-/m0/s1. The molecule has 1 amide bonds. The van der Waals surface area contributed by atoms with Crippen molar-refractivity contribution >= 4 is 17.2 Å². The molecule has 1 fully saturated rings. The van der Waals surface area contributed by atoms with Crippen molar-refractivity contribution in [2.45, 2.75) is 65.5 Å². The van der Waals surface area contributed by atoms with E-state index in [1.54, 1.807) is 18.4 Å². The van der Waals surface area contributed by atoms with Crippen molar-refractivity contribution in [3.05, 3.63) is 16.1 Å². The van der Waals surface area contributed by atoms with Gasteiger partial charge in [-0.15, -0.1) is 11.3 Å². The van der Waals surface area contributed by atoms with Crippen LogP contribution in [0, 0.1) is 11.3 Å². The minimum atomic E-state index is 0.0222. The minimum Gasteiger partial charge on any atom is -0.359 e. The van der Waals surface area contributed by atoms with E-state index in [2.05, 4.69) is 41.8 Å². The Hall–Kier alpha value is -0.940. The maximum absolute atomic E-state index is 11.4. The minimum absolute atomic E-state index is 0.0222. The lowest BCUT2D eigenvalue weighted by Crippen LogP contribution is -2.43. The molecule has 0 aromatic carbocycles. The molecule has 1 saturated carbocycles. The van der Waals surface area contributed by atoms with Gasteiger partial charge in [-0.2, -0.15) is 0 Å². The highest BCUT2D eigenvalue weighted by Gasteiger charge is 2.33. The second kappa shape index (κ2) is 7.55. The van der Waals surface area contributed by atoms with Gasteiger partial charge in [-0.25, -0.2) is 4.98 Å². The van der Waals surface area contributed by atoms with Gasteiger partial charge in [-0.3, -0.25) is 4.79 Å². The first kappa shape index (κ1) is 17.4. The number of hydrogen-bond donors (Lipinski definition) is 2. The summed E-state index contributed by atoms with van der Waals surface area (Å²) in [4.78, 5) is 16.0. The predicted molar refractivity (Wildman–Crippen MR) is 91.9 cm³/mol. The van der Waals surface area contributed by atoms with Crippen LogP contribution >= 0.6 is 11.3 Å². The van der Waals surface area contributed by atoms with Crippen molar-refractivity contribution in [2.24, 2.45) is 11.3 Å². The number of carbonyl (C=O) groups excluding carboxylic acids is 1. The second-order valence-electron chi connectivity index (χ2n) is 7.33. The Bertz CT molecular complexity index is 492. The molecule has 1 heterocycles. The molecule has 0 bridgehead atoms. The average molecular weight is 324 g/mol. The first-order valence-electron chi connectivity index (χ1n) is 8.27. The van der Waals surface area contributed by atoms with Crippen LogP contribution in [0.5, 0.6) is 0 Å². The number of carbonyl (C=O) groups is 1. The van der Waals surface area contributed by atoms with Gasteiger partial charge in [0.1, 0.15) is 5.01 Å². The highest BCUT2D eigenvalue weighted by molar-refractivity contribution is 7.09. The van der Waals surface area contributed by atoms with Crippen LogP contribution in [0.15, 0.2) is 5.38 Å². The first-order valence-corrected chi connectivity index (χ1v) is 9.15. The molecule has 0 aliphatic heterocycles.